The first-order valence-electron chi connectivity index (χ1n) is 9.93. The van der Waals surface area contributed by atoms with Crippen molar-refractivity contribution in [1.82, 2.24) is 4.57 Å². The maximum atomic E-state index is 14.2. The van der Waals surface area contributed by atoms with Crippen molar-refractivity contribution in [2.24, 2.45) is 4.99 Å². The number of ether oxygens (including phenoxy) is 3. The lowest BCUT2D eigenvalue weighted by atomic mass is 10.1. The van der Waals surface area contributed by atoms with Gasteiger partial charge in [-0.1, -0.05) is 13.3 Å². The zero-order valence-electron chi connectivity index (χ0n) is 18.2. The SMILES string of the molecule is CCCC(C)n1c(-c2cc(OC)c(OC)c(OC)c2)csc1=Nc1ccc(F)cc1F. The largest absolute Gasteiger partial charge is 0.493 e. The van der Waals surface area contributed by atoms with Gasteiger partial charge in [-0.3, -0.25) is 0 Å². The van der Waals surface area contributed by atoms with Crippen LogP contribution < -0.4 is 19.0 Å². The topological polar surface area (TPSA) is 45.0 Å². The second kappa shape index (κ2) is 9.96. The summed E-state index contributed by atoms with van der Waals surface area (Å²) in [5.41, 5.74) is 1.85. The Morgan fingerprint density at radius 1 is 1.03 bits per heavy atom. The maximum absolute atomic E-state index is 14.2. The van der Waals surface area contributed by atoms with E-state index in [0.717, 1.165) is 30.2 Å². The minimum atomic E-state index is -0.697. The van der Waals surface area contributed by atoms with Crippen molar-refractivity contribution in [3.63, 3.8) is 0 Å². The summed E-state index contributed by atoms with van der Waals surface area (Å²) < 4.78 is 46.0. The number of methoxy groups -OCH3 is 3. The molecule has 0 N–H and O–H groups in total. The van der Waals surface area contributed by atoms with Gasteiger partial charge in [-0.05, 0) is 37.6 Å². The van der Waals surface area contributed by atoms with Gasteiger partial charge in [0.1, 0.15) is 11.5 Å². The molecule has 1 aromatic heterocycles. The molecule has 0 spiro atoms. The van der Waals surface area contributed by atoms with Crippen molar-refractivity contribution in [1.29, 1.82) is 0 Å². The number of nitrogens with zero attached hydrogens (tertiary/aromatic N) is 2. The van der Waals surface area contributed by atoms with Gasteiger partial charge in [-0.15, -0.1) is 11.3 Å². The summed E-state index contributed by atoms with van der Waals surface area (Å²) in [6, 6.07) is 7.24. The van der Waals surface area contributed by atoms with Crippen LogP contribution in [0, 0.1) is 11.6 Å². The predicted molar refractivity (Wildman–Crippen MR) is 119 cm³/mol. The first-order chi connectivity index (χ1) is 14.9. The molecule has 2 aromatic carbocycles. The van der Waals surface area contributed by atoms with E-state index in [1.807, 2.05) is 17.5 Å². The van der Waals surface area contributed by atoms with Gasteiger partial charge < -0.3 is 18.8 Å². The highest BCUT2D eigenvalue weighted by Crippen LogP contribution is 2.41. The third-order valence-corrected chi connectivity index (χ3v) is 5.82. The molecule has 3 aromatic rings. The average molecular weight is 449 g/mol. The molecule has 1 atom stereocenters. The highest BCUT2D eigenvalue weighted by molar-refractivity contribution is 7.07. The number of benzene rings is 2. The third-order valence-electron chi connectivity index (χ3n) is 4.98. The third kappa shape index (κ3) is 4.74. The number of rotatable bonds is 8. The predicted octanol–water partition coefficient (Wildman–Crippen LogP) is 6.11. The Morgan fingerprint density at radius 2 is 1.71 bits per heavy atom. The lowest BCUT2D eigenvalue weighted by Gasteiger charge is -2.19. The van der Waals surface area contributed by atoms with Gasteiger partial charge in [-0.2, -0.15) is 0 Å². The second-order valence-electron chi connectivity index (χ2n) is 7.03. The van der Waals surface area contributed by atoms with Crippen molar-refractivity contribution in [2.45, 2.75) is 32.7 Å². The van der Waals surface area contributed by atoms with Gasteiger partial charge in [0.25, 0.3) is 0 Å². The van der Waals surface area contributed by atoms with Crippen LogP contribution >= 0.6 is 11.3 Å². The fraction of sp³-hybridized carbons (Fsp3) is 0.348. The van der Waals surface area contributed by atoms with Gasteiger partial charge in [-0.25, -0.2) is 13.8 Å². The molecule has 3 rings (SSSR count). The molecule has 0 saturated carbocycles. The quantitative estimate of drug-likeness (QED) is 0.417. The smallest absolute Gasteiger partial charge is 0.203 e. The summed E-state index contributed by atoms with van der Waals surface area (Å²) in [7, 11) is 4.70. The Bertz CT molecular complexity index is 1100. The van der Waals surface area contributed by atoms with E-state index in [0.29, 0.717) is 22.0 Å². The summed E-state index contributed by atoms with van der Waals surface area (Å²) in [5, 5.41) is 1.97. The van der Waals surface area contributed by atoms with E-state index >= 15 is 0 Å². The Morgan fingerprint density at radius 3 is 2.26 bits per heavy atom. The van der Waals surface area contributed by atoms with Gasteiger partial charge >= 0.3 is 0 Å². The molecule has 0 radical (unpaired) electrons. The molecule has 0 aliphatic rings. The van der Waals surface area contributed by atoms with Crippen molar-refractivity contribution in [2.75, 3.05) is 21.3 Å². The van der Waals surface area contributed by atoms with Gasteiger partial charge in [0.05, 0.1) is 27.0 Å². The molecule has 0 aliphatic carbocycles. The Labute approximate surface area is 184 Å². The maximum Gasteiger partial charge on any atom is 0.203 e. The standard InChI is InChI=1S/C23H26F2N2O3S/c1-6-7-14(2)27-19(15-10-20(28-3)22(30-5)21(11-15)29-4)13-31-23(27)26-18-9-8-16(24)12-17(18)25/h8-14H,6-7H2,1-5H3. The van der Waals surface area contributed by atoms with Crippen molar-refractivity contribution in [3.8, 4) is 28.5 Å². The fourth-order valence-corrected chi connectivity index (χ4v) is 4.50. The van der Waals surface area contributed by atoms with Crippen LogP contribution in [-0.2, 0) is 0 Å². The monoisotopic (exact) mass is 448 g/mol. The molecule has 0 aliphatic heterocycles. The normalized spacial score (nSPS) is 12.7. The summed E-state index contributed by atoms with van der Waals surface area (Å²) >= 11 is 1.39. The summed E-state index contributed by atoms with van der Waals surface area (Å²) in [4.78, 5) is 5.12. The van der Waals surface area contributed by atoms with Crippen LogP contribution in [0.15, 0.2) is 40.7 Å². The molecule has 0 fully saturated rings. The molecular formula is C23H26F2N2O3S. The van der Waals surface area contributed by atoms with Gasteiger partial charge in [0, 0.05) is 23.1 Å². The van der Waals surface area contributed by atoms with E-state index in [9.17, 15) is 8.78 Å². The minimum absolute atomic E-state index is 0.0946. The molecule has 0 saturated heterocycles. The van der Waals surface area contributed by atoms with Crippen LogP contribution in [0.25, 0.3) is 11.3 Å². The Kier molecular flexibility index (Phi) is 7.33. The molecule has 5 nitrogen and oxygen atoms in total. The summed E-state index contributed by atoms with van der Waals surface area (Å²) in [6.45, 7) is 4.21. The Balaban J connectivity index is 2.24. The molecule has 31 heavy (non-hydrogen) atoms. The minimum Gasteiger partial charge on any atom is -0.493 e. The van der Waals surface area contributed by atoms with Crippen LogP contribution in [0.1, 0.15) is 32.7 Å². The highest BCUT2D eigenvalue weighted by Gasteiger charge is 2.19. The van der Waals surface area contributed by atoms with Crippen LogP contribution in [0.2, 0.25) is 0 Å². The van der Waals surface area contributed by atoms with Crippen molar-refractivity contribution >= 4 is 17.0 Å². The number of aromatic nitrogens is 1. The first kappa shape index (κ1) is 22.8. The molecule has 1 unspecified atom stereocenters. The second-order valence-corrected chi connectivity index (χ2v) is 7.87. The number of hydrogen-bond acceptors (Lipinski definition) is 5. The zero-order valence-corrected chi connectivity index (χ0v) is 19.1. The molecular weight excluding hydrogens is 422 g/mol. The molecule has 0 bridgehead atoms. The van der Waals surface area contributed by atoms with Gasteiger partial charge in [0.2, 0.25) is 5.75 Å². The van der Waals surface area contributed by atoms with Crippen LogP contribution in [-0.4, -0.2) is 25.9 Å². The lowest BCUT2D eigenvalue weighted by molar-refractivity contribution is 0.324. The van der Waals surface area contributed by atoms with E-state index in [-0.39, 0.29) is 11.7 Å². The molecule has 0 amide bonds. The molecule has 166 valence electrons. The number of halogens is 2. The van der Waals surface area contributed by atoms with Crippen LogP contribution in [0.5, 0.6) is 17.2 Å². The highest BCUT2D eigenvalue weighted by atomic mass is 32.1. The van der Waals surface area contributed by atoms with Gasteiger partial charge in [0.15, 0.2) is 22.1 Å². The fourth-order valence-electron chi connectivity index (χ4n) is 3.49. The van der Waals surface area contributed by atoms with E-state index in [1.54, 1.807) is 21.3 Å². The van der Waals surface area contributed by atoms with Crippen molar-refractivity contribution in [3.05, 3.63) is 52.1 Å². The van der Waals surface area contributed by atoms with E-state index in [1.165, 1.54) is 23.5 Å². The first-order valence-corrected chi connectivity index (χ1v) is 10.8. The summed E-state index contributed by atoms with van der Waals surface area (Å²) in [6.07, 6.45) is 1.89. The lowest BCUT2D eigenvalue weighted by Crippen LogP contribution is -2.20. The van der Waals surface area contributed by atoms with E-state index in [4.69, 9.17) is 14.2 Å². The van der Waals surface area contributed by atoms with Crippen LogP contribution in [0.3, 0.4) is 0 Å². The van der Waals surface area contributed by atoms with Crippen molar-refractivity contribution < 1.29 is 23.0 Å². The van der Waals surface area contributed by atoms with E-state index in [2.05, 4.69) is 23.4 Å². The Hall–Kier alpha value is -2.87. The molecule has 8 heteroatoms. The number of thiazole rings is 1. The summed E-state index contributed by atoms with van der Waals surface area (Å²) in [5.74, 6) is 0.266. The van der Waals surface area contributed by atoms with Crippen LogP contribution in [0.4, 0.5) is 14.5 Å². The molecule has 1 heterocycles. The number of hydrogen-bond donors (Lipinski definition) is 0. The zero-order chi connectivity index (χ0) is 22.5. The average Bonchev–Trinajstić information content (AvgIpc) is 3.18. The van der Waals surface area contributed by atoms with E-state index < -0.39 is 11.6 Å².